The number of nitrogens with zero attached hydrogens (tertiary/aromatic N) is 3. The normalized spacial score (nSPS) is 17.5. The van der Waals surface area contributed by atoms with Crippen molar-refractivity contribution in [3.05, 3.63) is 17.0 Å². The molecule has 1 saturated heterocycles. The predicted molar refractivity (Wildman–Crippen MR) is 76.7 cm³/mol. The van der Waals surface area contributed by atoms with Gasteiger partial charge in [0.05, 0.1) is 11.6 Å². The first-order valence-electron chi connectivity index (χ1n) is 6.36. The van der Waals surface area contributed by atoms with Gasteiger partial charge in [-0.25, -0.2) is 13.2 Å². The highest BCUT2D eigenvalue weighted by Gasteiger charge is 2.30. The van der Waals surface area contributed by atoms with E-state index < -0.39 is 16.0 Å². The molecule has 0 unspecified atom stereocenters. The van der Waals surface area contributed by atoms with Crippen LogP contribution in [0.1, 0.15) is 16.8 Å². The molecule has 0 radical (unpaired) electrons. The maximum Gasteiger partial charge on any atom is 0.336 e. The molecule has 0 aromatic carbocycles. The predicted octanol–water partition coefficient (Wildman–Crippen LogP) is 0.666. The summed E-state index contributed by atoms with van der Waals surface area (Å²) in [5.74, 6) is -1.13. The first-order valence-corrected chi connectivity index (χ1v) is 8.68. The van der Waals surface area contributed by atoms with E-state index in [4.69, 9.17) is 10.4 Å². The Labute approximate surface area is 127 Å². The molecule has 7 nitrogen and oxygen atoms in total. The van der Waals surface area contributed by atoms with Crippen molar-refractivity contribution in [2.24, 2.45) is 0 Å². The van der Waals surface area contributed by atoms with Gasteiger partial charge in [-0.3, -0.25) is 4.90 Å². The van der Waals surface area contributed by atoms with Crippen molar-refractivity contribution in [1.82, 2.24) is 9.21 Å². The largest absolute Gasteiger partial charge is 0.478 e. The third-order valence-corrected chi connectivity index (χ3v) is 6.60. The van der Waals surface area contributed by atoms with E-state index in [1.54, 1.807) is 0 Å². The Hall–Kier alpha value is -1.47. The second-order valence-electron chi connectivity index (χ2n) is 4.61. The van der Waals surface area contributed by atoms with Gasteiger partial charge in [0.25, 0.3) is 10.0 Å². The standard InChI is InChI=1S/C12H15N3O4S2/c13-2-1-3-14-4-6-15(7-5-14)21(18,19)11-8-10(9-20-11)12(16)17/h8-9H,1,3-7H2,(H,16,17). The van der Waals surface area contributed by atoms with Crippen LogP contribution in [0, 0.1) is 11.3 Å². The maximum atomic E-state index is 12.4. The molecule has 0 bridgehead atoms. The van der Waals surface area contributed by atoms with E-state index in [2.05, 4.69) is 6.07 Å². The van der Waals surface area contributed by atoms with E-state index >= 15 is 0 Å². The SMILES string of the molecule is N#CCCN1CCN(S(=O)(=O)c2cc(C(=O)O)cs2)CC1. The molecule has 0 amide bonds. The summed E-state index contributed by atoms with van der Waals surface area (Å²) in [6.07, 6.45) is 0.430. The van der Waals surface area contributed by atoms with Crippen molar-refractivity contribution < 1.29 is 18.3 Å². The highest BCUT2D eigenvalue weighted by Crippen LogP contribution is 2.24. The van der Waals surface area contributed by atoms with Crippen molar-refractivity contribution in [3.8, 4) is 6.07 Å². The van der Waals surface area contributed by atoms with Crippen LogP contribution < -0.4 is 0 Å². The molecule has 2 heterocycles. The lowest BCUT2D eigenvalue weighted by Crippen LogP contribution is -2.48. The molecule has 0 aliphatic carbocycles. The number of carboxylic acids is 1. The molecule has 1 aromatic rings. The molecule has 2 rings (SSSR count). The minimum Gasteiger partial charge on any atom is -0.478 e. The molecule has 0 atom stereocenters. The Kier molecular flexibility index (Phi) is 4.95. The Bertz CT molecular complexity index is 654. The van der Waals surface area contributed by atoms with E-state index in [1.807, 2.05) is 4.90 Å². The van der Waals surface area contributed by atoms with Gasteiger partial charge in [-0.1, -0.05) is 0 Å². The van der Waals surface area contributed by atoms with E-state index in [0.717, 1.165) is 11.3 Å². The third-order valence-electron chi connectivity index (χ3n) is 3.29. The van der Waals surface area contributed by atoms with Gasteiger partial charge in [0.1, 0.15) is 4.21 Å². The zero-order valence-corrected chi connectivity index (χ0v) is 12.9. The fourth-order valence-electron chi connectivity index (χ4n) is 2.09. The zero-order chi connectivity index (χ0) is 15.5. The molecule has 1 aromatic heterocycles. The average Bonchev–Trinajstić information content (AvgIpc) is 2.96. The lowest BCUT2D eigenvalue weighted by molar-refractivity contribution is 0.0697. The minimum atomic E-state index is -3.62. The zero-order valence-electron chi connectivity index (χ0n) is 11.2. The number of thiophene rings is 1. The summed E-state index contributed by atoms with van der Waals surface area (Å²) in [7, 11) is -3.62. The smallest absolute Gasteiger partial charge is 0.336 e. The molecule has 1 aliphatic heterocycles. The van der Waals surface area contributed by atoms with Gasteiger partial charge in [-0.05, 0) is 6.07 Å². The Balaban J connectivity index is 2.04. The van der Waals surface area contributed by atoms with Crippen molar-refractivity contribution in [3.63, 3.8) is 0 Å². The molecule has 1 fully saturated rings. The summed E-state index contributed by atoms with van der Waals surface area (Å²) in [6.45, 7) is 2.52. The molecule has 9 heteroatoms. The number of hydrogen-bond donors (Lipinski definition) is 1. The first-order chi connectivity index (χ1) is 9.95. The fourth-order valence-corrected chi connectivity index (χ4v) is 4.82. The average molecular weight is 329 g/mol. The number of carboxylic acid groups (broad SMARTS) is 1. The number of sulfonamides is 1. The highest BCUT2D eigenvalue weighted by molar-refractivity contribution is 7.91. The Morgan fingerprint density at radius 2 is 2.05 bits per heavy atom. The molecule has 21 heavy (non-hydrogen) atoms. The van der Waals surface area contributed by atoms with E-state index in [-0.39, 0.29) is 9.77 Å². The Morgan fingerprint density at radius 3 is 2.57 bits per heavy atom. The number of aromatic carboxylic acids is 1. The molecule has 114 valence electrons. The fraction of sp³-hybridized carbons (Fsp3) is 0.500. The summed E-state index contributed by atoms with van der Waals surface area (Å²) in [6, 6.07) is 3.27. The number of carbonyl (C=O) groups is 1. The van der Waals surface area contributed by atoms with Gasteiger partial charge < -0.3 is 5.11 Å². The van der Waals surface area contributed by atoms with Crippen LogP contribution in [0.5, 0.6) is 0 Å². The molecular weight excluding hydrogens is 314 g/mol. The van der Waals surface area contributed by atoms with E-state index in [9.17, 15) is 13.2 Å². The lowest BCUT2D eigenvalue weighted by Gasteiger charge is -2.33. The number of nitriles is 1. The first kappa shape index (κ1) is 15.9. The van der Waals surface area contributed by atoms with Crippen molar-refractivity contribution in [1.29, 1.82) is 5.26 Å². The number of hydrogen-bond acceptors (Lipinski definition) is 6. The van der Waals surface area contributed by atoms with Gasteiger partial charge in [0.2, 0.25) is 0 Å². The monoisotopic (exact) mass is 329 g/mol. The topological polar surface area (TPSA) is 102 Å². The van der Waals surface area contributed by atoms with Crippen molar-refractivity contribution >= 4 is 27.3 Å². The summed E-state index contributed by atoms with van der Waals surface area (Å²) in [5, 5.41) is 18.7. The van der Waals surface area contributed by atoms with Gasteiger partial charge in [-0.15, -0.1) is 11.3 Å². The maximum absolute atomic E-state index is 12.4. The van der Waals surface area contributed by atoms with Crippen LogP contribution in [-0.4, -0.2) is 61.4 Å². The molecule has 0 spiro atoms. The summed E-state index contributed by atoms with van der Waals surface area (Å²) < 4.78 is 26.3. The van der Waals surface area contributed by atoms with E-state index in [1.165, 1.54) is 15.8 Å². The quantitative estimate of drug-likeness (QED) is 0.852. The van der Waals surface area contributed by atoms with E-state index in [0.29, 0.717) is 39.1 Å². The highest BCUT2D eigenvalue weighted by atomic mass is 32.2. The summed E-state index contributed by atoms with van der Waals surface area (Å²) >= 11 is 0.926. The van der Waals surface area contributed by atoms with Gasteiger partial charge in [0.15, 0.2) is 0 Å². The minimum absolute atomic E-state index is 0.00812. The number of rotatable bonds is 5. The van der Waals surface area contributed by atoms with Gasteiger partial charge in [0, 0.05) is 44.5 Å². The van der Waals surface area contributed by atoms with Gasteiger partial charge in [-0.2, -0.15) is 9.57 Å². The Morgan fingerprint density at radius 1 is 1.38 bits per heavy atom. The summed E-state index contributed by atoms with van der Waals surface area (Å²) in [4.78, 5) is 12.9. The molecule has 1 N–H and O–H groups in total. The van der Waals surface area contributed by atoms with Crippen LogP contribution in [0.4, 0.5) is 0 Å². The second kappa shape index (κ2) is 6.53. The summed E-state index contributed by atoms with van der Waals surface area (Å²) in [5.41, 5.74) is -0.00812. The lowest BCUT2D eigenvalue weighted by atomic mass is 10.3. The molecule has 1 aliphatic rings. The number of piperazine rings is 1. The van der Waals surface area contributed by atoms with Crippen LogP contribution in [0.3, 0.4) is 0 Å². The second-order valence-corrected chi connectivity index (χ2v) is 7.69. The van der Waals surface area contributed by atoms with Crippen molar-refractivity contribution in [2.75, 3.05) is 32.7 Å². The van der Waals surface area contributed by atoms with Crippen LogP contribution in [0.2, 0.25) is 0 Å². The molecular formula is C12H15N3O4S2. The molecule has 0 saturated carbocycles. The van der Waals surface area contributed by atoms with Crippen LogP contribution in [0.15, 0.2) is 15.7 Å². The third kappa shape index (κ3) is 3.59. The van der Waals surface area contributed by atoms with Crippen LogP contribution in [-0.2, 0) is 10.0 Å². The van der Waals surface area contributed by atoms with Gasteiger partial charge >= 0.3 is 5.97 Å². The van der Waals surface area contributed by atoms with Crippen LogP contribution >= 0.6 is 11.3 Å². The van der Waals surface area contributed by atoms with Crippen molar-refractivity contribution in [2.45, 2.75) is 10.6 Å². The van der Waals surface area contributed by atoms with Crippen LogP contribution in [0.25, 0.3) is 0 Å².